The molecule has 1 aromatic carbocycles. The minimum atomic E-state index is -0.0359. The maximum atomic E-state index is 5.98. The fraction of sp³-hybridized carbons (Fsp3) is 0.368. The molecule has 0 unspecified atom stereocenters. The SMILES string of the molecule is CCNC(=NCc1ccccn1)NCC(C)(C)c1ccc(Cl)cc1. The highest BCUT2D eigenvalue weighted by Crippen LogP contribution is 2.23. The average Bonchev–Trinajstić information content (AvgIpc) is 2.59. The average molecular weight is 345 g/mol. The summed E-state index contributed by atoms with van der Waals surface area (Å²) in [7, 11) is 0. The van der Waals surface area contributed by atoms with Gasteiger partial charge in [-0.25, -0.2) is 4.99 Å². The van der Waals surface area contributed by atoms with Crippen LogP contribution in [0.1, 0.15) is 32.0 Å². The third kappa shape index (κ3) is 5.53. The summed E-state index contributed by atoms with van der Waals surface area (Å²) in [5, 5.41) is 7.46. The molecular weight excluding hydrogens is 320 g/mol. The summed E-state index contributed by atoms with van der Waals surface area (Å²) >= 11 is 5.98. The number of aliphatic imine (C=N–C) groups is 1. The van der Waals surface area contributed by atoms with E-state index in [4.69, 9.17) is 11.6 Å². The molecule has 2 N–H and O–H groups in total. The summed E-state index contributed by atoms with van der Waals surface area (Å²) in [5.41, 5.74) is 2.15. The van der Waals surface area contributed by atoms with Crippen molar-refractivity contribution in [3.8, 4) is 0 Å². The molecule has 24 heavy (non-hydrogen) atoms. The number of hydrogen-bond donors (Lipinski definition) is 2. The van der Waals surface area contributed by atoms with Gasteiger partial charge in [0.05, 0.1) is 12.2 Å². The van der Waals surface area contributed by atoms with Crippen molar-refractivity contribution in [3.63, 3.8) is 0 Å². The summed E-state index contributed by atoms with van der Waals surface area (Å²) in [6.07, 6.45) is 1.79. The van der Waals surface area contributed by atoms with Crippen molar-refractivity contribution in [1.29, 1.82) is 0 Å². The van der Waals surface area contributed by atoms with E-state index in [1.165, 1.54) is 5.56 Å². The normalized spacial score (nSPS) is 12.1. The monoisotopic (exact) mass is 344 g/mol. The molecule has 2 aromatic rings. The van der Waals surface area contributed by atoms with Gasteiger partial charge in [0.2, 0.25) is 0 Å². The van der Waals surface area contributed by atoms with Gasteiger partial charge in [-0.15, -0.1) is 0 Å². The lowest BCUT2D eigenvalue weighted by Crippen LogP contribution is -2.43. The molecule has 1 heterocycles. The van der Waals surface area contributed by atoms with E-state index >= 15 is 0 Å². The Labute approximate surface area is 149 Å². The number of pyridine rings is 1. The van der Waals surface area contributed by atoms with Crippen LogP contribution in [0.5, 0.6) is 0 Å². The molecule has 2 rings (SSSR count). The standard InChI is InChI=1S/C19H25ClN4/c1-4-21-18(23-13-17-7-5-6-12-22-17)24-14-19(2,3)15-8-10-16(20)11-9-15/h5-12H,4,13-14H2,1-3H3,(H2,21,23,24). The molecule has 0 bridgehead atoms. The smallest absolute Gasteiger partial charge is 0.191 e. The quantitative estimate of drug-likeness (QED) is 0.619. The number of benzene rings is 1. The molecule has 1 aromatic heterocycles. The lowest BCUT2D eigenvalue weighted by atomic mass is 9.85. The van der Waals surface area contributed by atoms with Gasteiger partial charge in [0, 0.05) is 29.7 Å². The minimum Gasteiger partial charge on any atom is -0.357 e. The number of hydrogen-bond acceptors (Lipinski definition) is 2. The van der Waals surface area contributed by atoms with Gasteiger partial charge in [-0.2, -0.15) is 0 Å². The van der Waals surface area contributed by atoms with Crippen molar-refractivity contribution in [1.82, 2.24) is 15.6 Å². The van der Waals surface area contributed by atoms with Gasteiger partial charge >= 0.3 is 0 Å². The van der Waals surface area contributed by atoms with Crippen LogP contribution in [-0.2, 0) is 12.0 Å². The molecule has 0 aliphatic carbocycles. The summed E-state index contributed by atoms with van der Waals surface area (Å²) in [4.78, 5) is 8.91. The minimum absolute atomic E-state index is 0.0359. The lowest BCUT2D eigenvalue weighted by Gasteiger charge is -2.27. The second-order valence-electron chi connectivity index (χ2n) is 6.26. The van der Waals surface area contributed by atoms with Gasteiger partial charge < -0.3 is 10.6 Å². The zero-order valence-corrected chi connectivity index (χ0v) is 15.3. The number of aromatic nitrogens is 1. The second-order valence-corrected chi connectivity index (χ2v) is 6.70. The Bertz CT molecular complexity index is 651. The predicted molar refractivity (Wildman–Crippen MR) is 102 cm³/mol. The molecule has 4 nitrogen and oxygen atoms in total. The Morgan fingerprint density at radius 3 is 2.50 bits per heavy atom. The van der Waals surface area contributed by atoms with Crippen LogP contribution in [0, 0.1) is 0 Å². The second kappa shape index (κ2) is 8.69. The molecule has 128 valence electrons. The van der Waals surface area contributed by atoms with Gasteiger partial charge in [-0.1, -0.05) is 43.6 Å². The fourth-order valence-electron chi connectivity index (χ4n) is 2.30. The van der Waals surface area contributed by atoms with Crippen LogP contribution in [-0.4, -0.2) is 24.0 Å². The third-order valence-corrected chi connectivity index (χ3v) is 4.04. The predicted octanol–water partition coefficient (Wildman–Crippen LogP) is 3.77. The highest BCUT2D eigenvalue weighted by atomic mass is 35.5. The number of halogens is 1. The van der Waals surface area contributed by atoms with Crippen molar-refractivity contribution in [2.24, 2.45) is 4.99 Å². The summed E-state index contributed by atoms with van der Waals surface area (Å²) in [6.45, 7) is 8.59. The Morgan fingerprint density at radius 1 is 1.12 bits per heavy atom. The van der Waals surface area contributed by atoms with E-state index in [2.05, 4.69) is 53.5 Å². The van der Waals surface area contributed by atoms with Crippen LogP contribution in [0.25, 0.3) is 0 Å². The molecule has 0 aliphatic heterocycles. The number of guanidine groups is 1. The molecule has 0 aliphatic rings. The molecule has 5 heteroatoms. The van der Waals surface area contributed by atoms with Crippen molar-refractivity contribution in [2.45, 2.75) is 32.7 Å². The van der Waals surface area contributed by atoms with Crippen molar-refractivity contribution in [3.05, 3.63) is 64.9 Å². The maximum absolute atomic E-state index is 5.98. The molecular formula is C19H25ClN4. The van der Waals surface area contributed by atoms with Crippen molar-refractivity contribution >= 4 is 17.6 Å². The van der Waals surface area contributed by atoms with Gasteiger partial charge in [-0.3, -0.25) is 4.98 Å². The Balaban J connectivity index is 2.00. The van der Waals surface area contributed by atoms with Crippen molar-refractivity contribution < 1.29 is 0 Å². The van der Waals surface area contributed by atoms with E-state index in [1.807, 2.05) is 30.3 Å². The van der Waals surface area contributed by atoms with Gasteiger partial charge in [0.25, 0.3) is 0 Å². The highest BCUT2D eigenvalue weighted by molar-refractivity contribution is 6.30. The van der Waals surface area contributed by atoms with Gasteiger partial charge in [0.1, 0.15) is 0 Å². The first-order valence-corrected chi connectivity index (χ1v) is 8.57. The van der Waals surface area contributed by atoms with Crippen LogP contribution in [0.4, 0.5) is 0 Å². The van der Waals surface area contributed by atoms with E-state index in [1.54, 1.807) is 6.20 Å². The van der Waals surface area contributed by atoms with Gasteiger partial charge in [0.15, 0.2) is 5.96 Å². The molecule has 0 atom stereocenters. The largest absolute Gasteiger partial charge is 0.357 e. The topological polar surface area (TPSA) is 49.3 Å². The summed E-state index contributed by atoms with van der Waals surface area (Å²) in [5.74, 6) is 0.796. The molecule has 0 saturated carbocycles. The number of nitrogens with zero attached hydrogens (tertiary/aromatic N) is 2. The van der Waals surface area contributed by atoms with E-state index in [-0.39, 0.29) is 5.41 Å². The van der Waals surface area contributed by atoms with E-state index in [9.17, 15) is 0 Å². The van der Waals surface area contributed by atoms with Crippen LogP contribution >= 0.6 is 11.6 Å². The summed E-state index contributed by atoms with van der Waals surface area (Å²) in [6, 6.07) is 13.9. The van der Waals surface area contributed by atoms with E-state index in [0.29, 0.717) is 6.54 Å². The third-order valence-electron chi connectivity index (χ3n) is 3.79. The molecule has 0 fully saturated rings. The van der Waals surface area contributed by atoms with Crippen LogP contribution in [0.3, 0.4) is 0 Å². The molecule has 0 amide bonds. The van der Waals surface area contributed by atoms with Gasteiger partial charge in [-0.05, 0) is 36.8 Å². The van der Waals surface area contributed by atoms with Crippen LogP contribution < -0.4 is 10.6 Å². The van der Waals surface area contributed by atoms with Crippen LogP contribution in [0.15, 0.2) is 53.7 Å². The zero-order chi connectivity index (χ0) is 17.4. The molecule has 0 saturated heterocycles. The summed E-state index contributed by atoms with van der Waals surface area (Å²) < 4.78 is 0. The highest BCUT2D eigenvalue weighted by Gasteiger charge is 2.20. The molecule has 0 spiro atoms. The Hall–Kier alpha value is -2.07. The molecule has 0 radical (unpaired) electrons. The first-order chi connectivity index (χ1) is 11.5. The first-order valence-electron chi connectivity index (χ1n) is 8.19. The Morgan fingerprint density at radius 2 is 1.88 bits per heavy atom. The number of rotatable bonds is 6. The maximum Gasteiger partial charge on any atom is 0.191 e. The number of nitrogens with one attached hydrogen (secondary N) is 2. The van der Waals surface area contributed by atoms with E-state index in [0.717, 1.165) is 29.8 Å². The van der Waals surface area contributed by atoms with Crippen LogP contribution in [0.2, 0.25) is 5.02 Å². The lowest BCUT2D eigenvalue weighted by molar-refractivity contribution is 0.508. The Kier molecular flexibility index (Phi) is 6.62. The van der Waals surface area contributed by atoms with Crippen molar-refractivity contribution in [2.75, 3.05) is 13.1 Å². The first kappa shape index (κ1) is 18.3. The van der Waals surface area contributed by atoms with E-state index < -0.39 is 0 Å². The zero-order valence-electron chi connectivity index (χ0n) is 14.5. The fourth-order valence-corrected chi connectivity index (χ4v) is 2.43.